The zero-order valence-electron chi connectivity index (χ0n) is 17.8. The van der Waals surface area contributed by atoms with E-state index in [1.807, 2.05) is 0 Å². The Kier molecular flexibility index (Phi) is 7.61. The van der Waals surface area contributed by atoms with Gasteiger partial charge in [0.05, 0.1) is 8.96 Å². The molecule has 0 amide bonds. The van der Waals surface area contributed by atoms with Crippen molar-refractivity contribution >= 4 is 37.4 Å². The van der Waals surface area contributed by atoms with E-state index in [9.17, 15) is 0 Å². The van der Waals surface area contributed by atoms with Crippen molar-refractivity contribution < 1.29 is 18.9 Å². The van der Waals surface area contributed by atoms with E-state index in [1.165, 1.54) is 60.8 Å². The summed E-state index contributed by atoms with van der Waals surface area (Å²) in [6, 6.07) is 2.24. The molecule has 3 aliphatic rings. The van der Waals surface area contributed by atoms with Crippen LogP contribution in [-0.4, -0.2) is 27.8 Å². The van der Waals surface area contributed by atoms with Crippen LogP contribution in [0, 0.1) is 11.8 Å². The van der Waals surface area contributed by atoms with E-state index in [0.29, 0.717) is 11.8 Å². The highest BCUT2D eigenvalue weighted by atomic mass is 79.9. The van der Waals surface area contributed by atoms with Crippen molar-refractivity contribution in [1.82, 2.24) is 0 Å². The molecule has 0 saturated heterocycles. The summed E-state index contributed by atoms with van der Waals surface area (Å²) in [5.74, 6) is 2.72. The fraction of sp³-hybridized carbons (Fsp3) is 0.583. The highest BCUT2D eigenvalue weighted by molar-refractivity contribution is 9.12. The third-order valence-corrected chi connectivity index (χ3v) is 7.69. The third kappa shape index (κ3) is 4.38. The fourth-order valence-electron chi connectivity index (χ4n) is 5.23. The van der Waals surface area contributed by atoms with Gasteiger partial charge in [-0.15, -0.1) is 0 Å². The number of ether oxygens (including phenoxy) is 4. The van der Waals surface area contributed by atoms with Crippen molar-refractivity contribution in [2.45, 2.75) is 51.4 Å². The number of rotatable bonds is 7. The summed E-state index contributed by atoms with van der Waals surface area (Å²) in [5, 5.41) is 0. The zero-order valence-corrected chi connectivity index (χ0v) is 20.9. The lowest BCUT2D eigenvalue weighted by Gasteiger charge is -2.38. The molecule has 2 atom stereocenters. The van der Waals surface area contributed by atoms with Crippen molar-refractivity contribution in [1.29, 1.82) is 0 Å². The van der Waals surface area contributed by atoms with Crippen LogP contribution in [0.4, 0.5) is 0 Å². The molecule has 0 heterocycles. The Labute approximate surface area is 196 Å². The molecule has 30 heavy (non-hydrogen) atoms. The number of methoxy groups -OCH3 is 2. The Bertz CT molecular complexity index is 846. The summed E-state index contributed by atoms with van der Waals surface area (Å²) in [7, 11) is 3.33. The van der Waals surface area contributed by atoms with Crippen molar-refractivity contribution in [3.8, 4) is 5.75 Å². The lowest BCUT2D eigenvalue weighted by molar-refractivity contribution is 0.00894. The molecule has 6 heteroatoms. The monoisotopic (exact) mass is 540 g/mol. The average molecular weight is 542 g/mol. The number of aryl methyl sites for hydroxylation is 1. The first kappa shape index (κ1) is 22.4. The Morgan fingerprint density at radius 2 is 1.67 bits per heavy atom. The second kappa shape index (κ2) is 10.2. The number of hydrogen-bond acceptors (Lipinski definition) is 4. The first-order chi connectivity index (χ1) is 14.7. The number of hydrogen-bond donors (Lipinski definition) is 0. The van der Waals surface area contributed by atoms with Crippen LogP contribution in [0.1, 0.15) is 55.2 Å². The zero-order chi connectivity index (χ0) is 21.1. The third-order valence-electron chi connectivity index (χ3n) is 6.48. The fourth-order valence-corrected chi connectivity index (χ4v) is 6.49. The van der Waals surface area contributed by atoms with E-state index >= 15 is 0 Å². The molecule has 0 aromatic heterocycles. The Balaban J connectivity index is 1.95. The highest BCUT2D eigenvalue weighted by Gasteiger charge is 2.38. The quantitative estimate of drug-likeness (QED) is 0.358. The Morgan fingerprint density at radius 1 is 0.933 bits per heavy atom. The van der Waals surface area contributed by atoms with E-state index in [1.54, 1.807) is 14.2 Å². The molecule has 0 radical (unpaired) electrons. The van der Waals surface area contributed by atoms with Gasteiger partial charge >= 0.3 is 0 Å². The van der Waals surface area contributed by atoms with Crippen molar-refractivity contribution in [2.24, 2.45) is 11.8 Å². The lowest BCUT2D eigenvalue weighted by Crippen LogP contribution is -2.26. The number of fused-ring (bicyclic) bond motifs is 2. The lowest BCUT2D eigenvalue weighted by atomic mass is 9.69. The van der Waals surface area contributed by atoms with Crippen LogP contribution in [0.5, 0.6) is 5.75 Å². The maximum absolute atomic E-state index is 6.19. The van der Waals surface area contributed by atoms with Crippen LogP contribution in [0.2, 0.25) is 0 Å². The SMILES string of the molecule is COCOC1=C(c2c3c(cc(Br)c2OCOC)CCCC3)C2CCCCC2C=C1Br. The average Bonchev–Trinajstić information content (AvgIpc) is 2.76. The molecule has 0 bridgehead atoms. The van der Waals surface area contributed by atoms with Crippen LogP contribution in [0.3, 0.4) is 0 Å². The molecule has 1 aromatic rings. The van der Waals surface area contributed by atoms with E-state index in [4.69, 9.17) is 18.9 Å². The standard InChI is InChI=1S/C24H30Br2O4/c1-27-13-29-23-19(25)11-15-7-3-5-9-17(15)21(23)22-18-10-6-4-8-16(18)12-20(26)24(22)30-14-28-2/h11-12,15,17H,3-10,13-14H2,1-2H3. The van der Waals surface area contributed by atoms with Gasteiger partial charge in [-0.05, 0) is 99.4 Å². The van der Waals surface area contributed by atoms with Crippen LogP contribution < -0.4 is 4.74 Å². The van der Waals surface area contributed by atoms with Gasteiger partial charge in [-0.1, -0.05) is 18.9 Å². The largest absolute Gasteiger partial charge is 0.466 e. The molecule has 164 valence electrons. The van der Waals surface area contributed by atoms with E-state index in [2.05, 4.69) is 44.0 Å². The van der Waals surface area contributed by atoms with Crippen LogP contribution in [-0.2, 0) is 27.1 Å². The van der Waals surface area contributed by atoms with Crippen molar-refractivity contribution in [3.63, 3.8) is 0 Å². The predicted molar refractivity (Wildman–Crippen MR) is 126 cm³/mol. The second-order valence-corrected chi connectivity index (χ2v) is 10.0. The number of allylic oxidation sites excluding steroid dienone is 3. The molecule has 0 spiro atoms. The summed E-state index contributed by atoms with van der Waals surface area (Å²) < 4.78 is 24.9. The van der Waals surface area contributed by atoms with Crippen molar-refractivity contribution in [2.75, 3.05) is 27.8 Å². The van der Waals surface area contributed by atoms with Crippen LogP contribution in [0.25, 0.3) is 5.57 Å². The van der Waals surface area contributed by atoms with Gasteiger partial charge in [-0.25, -0.2) is 0 Å². The second-order valence-electron chi connectivity index (χ2n) is 8.32. The summed E-state index contributed by atoms with van der Waals surface area (Å²) in [5.41, 5.74) is 5.32. The summed E-state index contributed by atoms with van der Waals surface area (Å²) in [6.07, 6.45) is 11.9. The normalized spacial score (nSPS) is 23.5. The molecule has 1 aromatic carbocycles. The Morgan fingerprint density at radius 3 is 2.47 bits per heavy atom. The first-order valence-electron chi connectivity index (χ1n) is 10.9. The number of halogens is 2. The smallest absolute Gasteiger partial charge is 0.188 e. The summed E-state index contributed by atoms with van der Waals surface area (Å²) in [4.78, 5) is 0. The first-order valence-corrected chi connectivity index (χ1v) is 12.4. The number of benzene rings is 1. The minimum absolute atomic E-state index is 0.219. The minimum atomic E-state index is 0.219. The molecule has 0 N–H and O–H groups in total. The van der Waals surface area contributed by atoms with Crippen molar-refractivity contribution in [3.05, 3.63) is 43.5 Å². The Hall–Kier alpha value is -0.820. The van der Waals surface area contributed by atoms with E-state index < -0.39 is 0 Å². The molecule has 3 aliphatic carbocycles. The maximum atomic E-state index is 6.19. The van der Waals surface area contributed by atoms with Gasteiger partial charge in [0.15, 0.2) is 13.6 Å². The van der Waals surface area contributed by atoms with E-state index in [0.717, 1.165) is 33.3 Å². The van der Waals surface area contributed by atoms with Gasteiger partial charge in [0.1, 0.15) is 11.5 Å². The maximum Gasteiger partial charge on any atom is 0.188 e. The van der Waals surface area contributed by atoms with Gasteiger partial charge in [-0.2, -0.15) is 0 Å². The van der Waals surface area contributed by atoms with Gasteiger partial charge in [-0.3, -0.25) is 0 Å². The highest BCUT2D eigenvalue weighted by Crippen LogP contribution is 2.53. The molecular weight excluding hydrogens is 512 g/mol. The van der Waals surface area contributed by atoms with Crippen LogP contribution >= 0.6 is 31.9 Å². The topological polar surface area (TPSA) is 36.9 Å². The molecule has 1 saturated carbocycles. The van der Waals surface area contributed by atoms with Gasteiger partial charge in [0, 0.05) is 25.4 Å². The molecule has 2 unspecified atom stereocenters. The van der Waals surface area contributed by atoms with Gasteiger partial charge < -0.3 is 18.9 Å². The molecule has 1 fully saturated rings. The molecule has 4 rings (SSSR count). The summed E-state index contributed by atoms with van der Waals surface area (Å²) >= 11 is 7.63. The minimum Gasteiger partial charge on any atom is -0.466 e. The predicted octanol–water partition coefficient (Wildman–Crippen LogP) is 6.74. The van der Waals surface area contributed by atoms with Gasteiger partial charge in [0.2, 0.25) is 0 Å². The van der Waals surface area contributed by atoms with Crippen LogP contribution in [0.15, 0.2) is 26.9 Å². The van der Waals surface area contributed by atoms with E-state index in [-0.39, 0.29) is 13.6 Å². The summed E-state index contributed by atoms with van der Waals surface area (Å²) in [6.45, 7) is 0.445. The van der Waals surface area contributed by atoms with Gasteiger partial charge in [0.25, 0.3) is 0 Å². The molecule has 4 nitrogen and oxygen atoms in total. The molecule has 0 aliphatic heterocycles. The molecular formula is C24H30Br2O4.